The minimum absolute atomic E-state index is 0.00175. The summed E-state index contributed by atoms with van der Waals surface area (Å²) in [7, 11) is 0. The number of piperidine rings is 1. The fraction of sp³-hybridized carbons (Fsp3) is 0.478. The third-order valence-corrected chi connectivity index (χ3v) is 6.97. The van der Waals surface area contributed by atoms with Gasteiger partial charge in [0, 0.05) is 57.6 Å². The molecule has 0 N–H and O–H groups in total. The molecule has 3 aromatic heterocycles. The number of imidazole rings is 1. The zero-order valence-corrected chi connectivity index (χ0v) is 18.3. The Labute approximate surface area is 190 Å². The lowest BCUT2D eigenvalue weighted by Gasteiger charge is -2.46. The highest BCUT2D eigenvalue weighted by atomic mass is 16.5. The molecule has 1 unspecified atom stereocenters. The second kappa shape index (κ2) is 7.96. The Balaban J connectivity index is 1.21. The molecule has 6 heterocycles. The molecule has 3 aliphatic rings. The van der Waals surface area contributed by atoms with Crippen molar-refractivity contribution in [2.24, 2.45) is 0 Å². The standard InChI is InChI=1S/C23H26N6O4/c30-20(17-15-25-29-7-2-1-3-18(17)29)26-8-4-23(5-9-26)22-24-6-10-28(22)16-19(33-23)21(31)27-11-13-32-14-12-27/h1-3,6-7,10,15,19H,4-5,8-9,11-14,16H2. The Morgan fingerprint density at radius 2 is 1.85 bits per heavy atom. The van der Waals surface area contributed by atoms with E-state index < -0.39 is 11.7 Å². The number of ether oxygens (including phenoxy) is 2. The molecule has 33 heavy (non-hydrogen) atoms. The summed E-state index contributed by atoms with van der Waals surface area (Å²) in [6, 6.07) is 5.69. The number of morpholine rings is 1. The van der Waals surface area contributed by atoms with Gasteiger partial charge in [0.05, 0.1) is 37.0 Å². The van der Waals surface area contributed by atoms with Crippen molar-refractivity contribution in [3.8, 4) is 0 Å². The van der Waals surface area contributed by atoms with E-state index in [-0.39, 0.29) is 11.8 Å². The van der Waals surface area contributed by atoms with E-state index in [9.17, 15) is 9.59 Å². The predicted octanol–water partition coefficient (Wildman–Crippen LogP) is 0.920. The van der Waals surface area contributed by atoms with E-state index in [2.05, 4.69) is 10.1 Å². The van der Waals surface area contributed by atoms with Crippen LogP contribution in [0.1, 0.15) is 29.0 Å². The molecule has 2 amide bonds. The molecule has 2 saturated heterocycles. The van der Waals surface area contributed by atoms with Crippen molar-refractivity contribution in [1.82, 2.24) is 29.0 Å². The van der Waals surface area contributed by atoms with Gasteiger partial charge >= 0.3 is 0 Å². The van der Waals surface area contributed by atoms with Gasteiger partial charge in [0.25, 0.3) is 11.8 Å². The Morgan fingerprint density at radius 1 is 1.03 bits per heavy atom. The Hall–Kier alpha value is -3.24. The normalized spacial score (nSPS) is 22.5. The smallest absolute Gasteiger partial charge is 0.257 e. The Bertz CT molecular complexity index is 1190. The molecule has 0 saturated carbocycles. The molecule has 2 fully saturated rings. The van der Waals surface area contributed by atoms with Gasteiger partial charge in [-0.3, -0.25) is 9.59 Å². The fourth-order valence-corrected chi connectivity index (χ4v) is 5.19. The lowest BCUT2D eigenvalue weighted by molar-refractivity contribution is -0.182. The van der Waals surface area contributed by atoms with Crippen molar-refractivity contribution in [3.63, 3.8) is 0 Å². The SMILES string of the molecule is O=C(c1cnn2ccccc12)N1CCC2(CC1)OC(C(=O)N1CCOCC1)Cn1ccnc12. The summed E-state index contributed by atoms with van der Waals surface area (Å²) in [5.41, 5.74) is 0.716. The van der Waals surface area contributed by atoms with Gasteiger partial charge in [-0.05, 0) is 12.1 Å². The molecular formula is C23H26N6O4. The molecule has 10 heteroatoms. The van der Waals surface area contributed by atoms with Crippen LogP contribution in [-0.2, 0) is 26.4 Å². The molecule has 0 aromatic carbocycles. The number of fused-ring (bicyclic) bond motifs is 3. The van der Waals surface area contributed by atoms with Gasteiger partial charge < -0.3 is 23.8 Å². The van der Waals surface area contributed by atoms with Crippen molar-refractivity contribution in [2.75, 3.05) is 39.4 Å². The summed E-state index contributed by atoms with van der Waals surface area (Å²) >= 11 is 0. The maximum absolute atomic E-state index is 13.3. The fourth-order valence-electron chi connectivity index (χ4n) is 5.19. The lowest BCUT2D eigenvalue weighted by Crippen LogP contribution is -2.56. The molecule has 172 valence electrons. The molecular weight excluding hydrogens is 424 g/mol. The van der Waals surface area contributed by atoms with E-state index in [1.807, 2.05) is 45.0 Å². The van der Waals surface area contributed by atoms with Crippen molar-refractivity contribution < 1.29 is 19.1 Å². The summed E-state index contributed by atoms with van der Waals surface area (Å²) in [5, 5.41) is 4.29. The van der Waals surface area contributed by atoms with Crippen molar-refractivity contribution in [1.29, 1.82) is 0 Å². The highest BCUT2D eigenvalue weighted by Gasteiger charge is 2.48. The van der Waals surface area contributed by atoms with Crippen LogP contribution in [0.4, 0.5) is 0 Å². The van der Waals surface area contributed by atoms with E-state index in [0.29, 0.717) is 64.3 Å². The van der Waals surface area contributed by atoms with Crippen LogP contribution < -0.4 is 0 Å². The topological polar surface area (TPSA) is 94.2 Å². The number of pyridine rings is 1. The zero-order valence-electron chi connectivity index (χ0n) is 18.3. The minimum atomic E-state index is -0.674. The molecule has 0 bridgehead atoms. The summed E-state index contributed by atoms with van der Waals surface area (Å²) < 4.78 is 15.7. The number of hydrogen-bond donors (Lipinski definition) is 0. The van der Waals surface area contributed by atoms with E-state index in [4.69, 9.17) is 9.47 Å². The molecule has 1 spiro atoms. The highest BCUT2D eigenvalue weighted by molar-refractivity contribution is 6.00. The van der Waals surface area contributed by atoms with Crippen LogP contribution in [0.15, 0.2) is 43.0 Å². The molecule has 10 nitrogen and oxygen atoms in total. The largest absolute Gasteiger partial charge is 0.378 e. The number of aromatic nitrogens is 4. The van der Waals surface area contributed by atoms with Crippen molar-refractivity contribution in [2.45, 2.75) is 31.1 Å². The first-order valence-electron chi connectivity index (χ1n) is 11.4. The number of amides is 2. The van der Waals surface area contributed by atoms with Gasteiger partial charge in [0.15, 0.2) is 6.10 Å². The predicted molar refractivity (Wildman–Crippen MR) is 117 cm³/mol. The first-order valence-corrected chi connectivity index (χ1v) is 11.4. The third-order valence-electron chi connectivity index (χ3n) is 6.97. The third kappa shape index (κ3) is 3.41. The minimum Gasteiger partial charge on any atom is -0.378 e. The number of hydrogen-bond acceptors (Lipinski definition) is 6. The molecule has 1 atom stereocenters. The second-order valence-electron chi connectivity index (χ2n) is 8.82. The Kier molecular flexibility index (Phi) is 4.92. The van der Waals surface area contributed by atoms with Crippen LogP contribution in [-0.4, -0.2) is 86.3 Å². The molecule has 0 radical (unpaired) electrons. The average Bonchev–Trinajstić information content (AvgIpc) is 3.52. The van der Waals surface area contributed by atoms with Crippen LogP contribution in [0, 0.1) is 0 Å². The Morgan fingerprint density at radius 3 is 2.67 bits per heavy atom. The number of nitrogens with zero attached hydrogens (tertiary/aromatic N) is 6. The van der Waals surface area contributed by atoms with Crippen LogP contribution >= 0.6 is 0 Å². The molecule has 6 rings (SSSR count). The summed E-state index contributed by atoms with van der Waals surface area (Å²) in [6.07, 6.45) is 7.74. The average molecular weight is 450 g/mol. The number of rotatable bonds is 2. The van der Waals surface area contributed by atoms with E-state index in [0.717, 1.165) is 11.3 Å². The summed E-state index contributed by atoms with van der Waals surface area (Å²) in [5.74, 6) is 0.810. The lowest BCUT2D eigenvalue weighted by atomic mass is 9.88. The van der Waals surface area contributed by atoms with Crippen molar-refractivity contribution in [3.05, 3.63) is 54.4 Å². The van der Waals surface area contributed by atoms with E-state index >= 15 is 0 Å². The van der Waals surface area contributed by atoms with Gasteiger partial charge in [-0.1, -0.05) is 6.07 Å². The quantitative estimate of drug-likeness (QED) is 0.576. The summed E-state index contributed by atoms with van der Waals surface area (Å²) in [4.78, 5) is 34.7. The monoisotopic (exact) mass is 450 g/mol. The van der Waals surface area contributed by atoms with Crippen LogP contribution in [0.5, 0.6) is 0 Å². The zero-order chi connectivity index (χ0) is 22.4. The first-order chi connectivity index (χ1) is 16.1. The van der Waals surface area contributed by atoms with E-state index in [1.54, 1.807) is 16.9 Å². The molecule has 0 aliphatic carbocycles. The van der Waals surface area contributed by atoms with Gasteiger partial charge in [-0.15, -0.1) is 0 Å². The van der Waals surface area contributed by atoms with Crippen LogP contribution in [0.25, 0.3) is 5.52 Å². The van der Waals surface area contributed by atoms with Gasteiger partial charge in [0.1, 0.15) is 11.4 Å². The number of carbonyl (C=O) groups is 2. The number of likely N-dealkylation sites (tertiary alicyclic amines) is 1. The second-order valence-corrected chi connectivity index (χ2v) is 8.82. The van der Waals surface area contributed by atoms with Crippen LogP contribution in [0.2, 0.25) is 0 Å². The number of carbonyl (C=O) groups excluding carboxylic acids is 2. The molecule has 3 aliphatic heterocycles. The highest BCUT2D eigenvalue weighted by Crippen LogP contribution is 2.40. The first kappa shape index (κ1) is 20.4. The maximum Gasteiger partial charge on any atom is 0.257 e. The summed E-state index contributed by atoms with van der Waals surface area (Å²) in [6.45, 7) is 3.79. The molecule has 3 aromatic rings. The van der Waals surface area contributed by atoms with Crippen LogP contribution in [0.3, 0.4) is 0 Å². The van der Waals surface area contributed by atoms with Crippen molar-refractivity contribution >= 4 is 17.3 Å². The van der Waals surface area contributed by atoms with Gasteiger partial charge in [0.2, 0.25) is 0 Å². The maximum atomic E-state index is 13.3. The van der Waals surface area contributed by atoms with Gasteiger partial charge in [-0.2, -0.15) is 5.10 Å². The van der Waals surface area contributed by atoms with Gasteiger partial charge in [-0.25, -0.2) is 9.50 Å². The van der Waals surface area contributed by atoms with E-state index in [1.165, 1.54) is 0 Å².